The van der Waals surface area contributed by atoms with Crippen LogP contribution >= 0.6 is 23.1 Å². The van der Waals surface area contributed by atoms with Crippen LogP contribution in [0.4, 0.5) is 5.69 Å². The highest BCUT2D eigenvalue weighted by Gasteiger charge is 2.08. The Kier molecular flexibility index (Phi) is 4.64. The number of thioether (sulfide) groups is 1. The first-order valence-electron chi connectivity index (χ1n) is 5.43. The third-order valence-electron chi connectivity index (χ3n) is 2.21. The van der Waals surface area contributed by atoms with Gasteiger partial charge >= 0.3 is 5.97 Å². The molecule has 7 nitrogen and oxygen atoms in total. The lowest BCUT2D eigenvalue weighted by Crippen LogP contribution is -2.00. The summed E-state index contributed by atoms with van der Waals surface area (Å²) in [5.41, 5.74) is 0.488. The smallest absolute Gasteiger partial charge is 0.309 e. The molecule has 0 amide bonds. The van der Waals surface area contributed by atoms with Gasteiger partial charge in [-0.25, -0.2) is 9.97 Å². The maximum atomic E-state index is 10.5. The highest BCUT2D eigenvalue weighted by molar-refractivity contribution is 7.98. The van der Waals surface area contributed by atoms with E-state index in [1.807, 2.05) is 0 Å². The first-order valence-corrected chi connectivity index (χ1v) is 7.29. The van der Waals surface area contributed by atoms with E-state index in [2.05, 4.69) is 9.97 Å². The fourth-order valence-corrected chi connectivity index (χ4v) is 3.01. The van der Waals surface area contributed by atoms with Gasteiger partial charge in [-0.2, -0.15) is 0 Å². The van der Waals surface area contributed by atoms with Crippen molar-refractivity contribution in [2.75, 3.05) is 0 Å². The molecule has 20 heavy (non-hydrogen) atoms. The van der Waals surface area contributed by atoms with Crippen molar-refractivity contribution in [1.29, 1.82) is 0 Å². The summed E-state index contributed by atoms with van der Waals surface area (Å²) in [6.45, 7) is 0. The molecule has 104 valence electrons. The van der Waals surface area contributed by atoms with Gasteiger partial charge in [0.15, 0.2) is 0 Å². The highest BCUT2D eigenvalue weighted by Crippen LogP contribution is 2.24. The summed E-state index contributed by atoms with van der Waals surface area (Å²) < 4.78 is 0. The molecule has 0 aliphatic rings. The zero-order valence-electron chi connectivity index (χ0n) is 10.1. The third-order valence-corrected chi connectivity index (χ3v) is 4.24. The Morgan fingerprint density at radius 3 is 2.90 bits per heavy atom. The lowest BCUT2D eigenvalue weighted by Gasteiger charge is -1.97. The van der Waals surface area contributed by atoms with Crippen molar-refractivity contribution in [3.05, 3.63) is 44.5 Å². The molecule has 0 spiro atoms. The normalized spacial score (nSPS) is 10.4. The number of nitro groups is 1. The predicted molar refractivity (Wildman–Crippen MR) is 73.9 cm³/mol. The number of thiazole rings is 1. The molecule has 0 fully saturated rings. The number of aliphatic carboxylic acids is 1. The number of carboxylic acid groups (broad SMARTS) is 1. The van der Waals surface area contributed by atoms with Crippen LogP contribution in [0.3, 0.4) is 0 Å². The summed E-state index contributed by atoms with van der Waals surface area (Å²) in [4.78, 5) is 28.7. The maximum absolute atomic E-state index is 10.5. The molecule has 0 radical (unpaired) electrons. The average molecular weight is 311 g/mol. The fraction of sp³-hybridized carbons (Fsp3) is 0.182. The largest absolute Gasteiger partial charge is 0.481 e. The zero-order chi connectivity index (χ0) is 14.5. The van der Waals surface area contributed by atoms with Gasteiger partial charge in [-0.1, -0.05) is 11.8 Å². The summed E-state index contributed by atoms with van der Waals surface area (Å²) in [5.74, 6) is -0.360. The fourth-order valence-electron chi connectivity index (χ4n) is 1.35. The molecule has 0 saturated heterocycles. The molecule has 1 N–H and O–H groups in total. The van der Waals surface area contributed by atoms with Gasteiger partial charge in [0.25, 0.3) is 5.69 Å². The van der Waals surface area contributed by atoms with Crippen LogP contribution in [0.5, 0.6) is 0 Å². The van der Waals surface area contributed by atoms with Crippen LogP contribution < -0.4 is 0 Å². The summed E-state index contributed by atoms with van der Waals surface area (Å²) in [5, 5.41) is 22.3. The van der Waals surface area contributed by atoms with Gasteiger partial charge < -0.3 is 5.11 Å². The molecule has 0 bridgehead atoms. The van der Waals surface area contributed by atoms with Gasteiger partial charge in [-0.15, -0.1) is 11.3 Å². The van der Waals surface area contributed by atoms with Crippen molar-refractivity contribution in [2.24, 2.45) is 0 Å². The van der Waals surface area contributed by atoms with Crippen LogP contribution in [0.15, 0.2) is 28.7 Å². The van der Waals surface area contributed by atoms with Crippen molar-refractivity contribution in [2.45, 2.75) is 17.2 Å². The average Bonchev–Trinajstić information content (AvgIpc) is 2.83. The van der Waals surface area contributed by atoms with E-state index in [9.17, 15) is 14.9 Å². The van der Waals surface area contributed by atoms with Crippen LogP contribution in [0, 0.1) is 10.1 Å². The number of nitrogens with zero attached hydrogens (tertiary/aromatic N) is 3. The molecule has 0 aliphatic heterocycles. The van der Waals surface area contributed by atoms with E-state index in [0.29, 0.717) is 16.5 Å². The molecule has 0 atom stereocenters. The van der Waals surface area contributed by atoms with Gasteiger partial charge in [0.2, 0.25) is 0 Å². The second-order valence-electron chi connectivity index (χ2n) is 3.70. The minimum atomic E-state index is -0.911. The van der Waals surface area contributed by atoms with Crippen LogP contribution in [0.25, 0.3) is 0 Å². The Labute approximate surface area is 121 Å². The molecule has 0 unspecified atom stereocenters. The Bertz CT molecular complexity index is 627. The van der Waals surface area contributed by atoms with Gasteiger partial charge in [0.05, 0.1) is 27.8 Å². The Morgan fingerprint density at radius 2 is 2.30 bits per heavy atom. The van der Waals surface area contributed by atoms with Gasteiger partial charge in [-0.3, -0.25) is 14.9 Å². The minimum absolute atomic E-state index is 0.0488. The Balaban J connectivity index is 1.93. The molecule has 0 saturated carbocycles. The van der Waals surface area contributed by atoms with E-state index in [0.717, 1.165) is 5.01 Å². The van der Waals surface area contributed by atoms with Gasteiger partial charge in [0.1, 0.15) is 11.2 Å². The number of rotatable bonds is 6. The SMILES string of the molecule is O=C(O)Cc1csc(CSc2ccc([N+](=O)[O-])cn2)n1. The number of hydrogen-bond acceptors (Lipinski definition) is 7. The van der Waals surface area contributed by atoms with E-state index in [-0.39, 0.29) is 12.1 Å². The topological polar surface area (TPSA) is 106 Å². The van der Waals surface area contributed by atoms with E-state index in [1.165, 1.54) is 35.4 Å². The van der Waals surface area contributed by atoms with Crippen LogP contribution in [0.2, 0.25) is 0 Å². The first-order chi connectivity index (χ1) is 9.54. The molecule has 2 heterocycles. The summed E-state index contributed by atoms with van der Waals surface area (Å²) in [6.07, 6.45) is 1.12. The number of hydrogen-bond donors (Lipinski definition) is 1. The number of carboxylic acids is 1. The minimum Gasteiger partial charge on any atom is -0.481 e. The van der Waals surface area contributed by atoms with Crippen molar-refractivity contribution < 1.29 is 14.8 Å². The zero-order valence-corrected chi connectivity index (χ0v) is 11.7. The number of carbonyl (C=O) groups is 1. The lowest BCUT2D eigenvalue weighted by atomic mass is 10.3. The molecule has 2 rings (SSSR count). The van der Waals surface area contributed by atoms with Crippen LogP contribution in [-0.4, -0.2) is 26.0 Å². The van der Waals surface area contributed by atoms with E-state index in [1.54, 1.807) is 11.4 Å². The second-order valence-corrected chi connectivity index (χ2v) is 5.64. The van der Waals surface area contributed by atoms with E-state index < -0.39 is 10.9 Å². The van der Waals surface area contributed by atoms with Crippen LogP contribution in [-0.2, 0) is 17.0 Å². The summed E-state index contributed by atoms with van der Waals surface area (Å²) >= 11 is 2.78. The summed E-state index contributed by atoms with van der Waals surface area (Å²) in [7, 11) is 0. The molecule has 0 aromatic carbocycles. The highest BCUT2D eigenvalue weighted by atomic mass is 32.2. The monoisotopic (exact) mass is 311 g/mol. The summed E-state index contributed by atoms with van der Waals surface area (Å²) in [6, 6.07) is 2.97. The molecule has 2 aromatic heterocycles. The third kappa shape index (κ3) is 4.00. The Morgan fingerprint density at radius 1 is 1.50 bits per heavy atom. The number of pyridine rings is 1. The first kappa shape index (κ1) is 14.4. The Hall–Kier alpha value is -2.00. The molecule has 0 aliphatic carbocycles. The second kappa shape index (κ2) is 6.44. The van der Waals surface area contributed by atoms with Crippen LogP contribution in [0.1, 0.15) is 10.7 Å². The van der Waals surface area contributed by atoms with Gasteiger partial charge in [0, 0.05) is 11.4 Å². The molecular weight excluding hydrogens is 302 g/mol. The van der Waals surface area contributed by atoms with Crippen molar-refractivity contribution in [3.63, 3.8) is 0 Å². The maximum Gasteiger partial charge on any atom is 0.309 e. The van der Waals surface area contributed by atoms with Crippen molar-refractivity contribution >= 4 is 34.8 Å². The molecule has 9 heteroatoms. The van der Waals surface area contributed by atoms with Gasteiger partial charge in [-0.05, 0) is 6.07 Å². The lowest BCUT2D eigenvalue weighted by molar-refractivity contribution is -0.385. The van der Waals surface area contributed by atoms with Crippen molar-refractivity contribution in [1.82, 2.24) is 9.97 Å². The molecular formula is C11H9N3O4S2. The molecule has 2 aromatic rings. The van der Waals surface area contributed by atoms with Crippen molar-refractivity contribution in [3.8, 4) is 0 Å². The number of aromatic nitrogens is 2. The quantitative estimate of drug-likeness (QED) is 0.496. The van der Waals surface area contributed by atoms with E-state index in [4.69, 9.17) is 5.11 Å². The predicted octanol–water partition coefficient (Wildman–Crippen LogP) is 2.37. The standard InChI is InChI=1S/C11H9N3O4S2/c15-11(16)3-7-5-19-10(13-7)6-20-9-2-1-8(4-12-9)14(17)18/h1-2,4-5H,3,6H2,(H,15,16). The van der Waals surface area contributed by atoms with E-state index >= 15 is 0 Å².